The van der Waals surface area contributed by atoms with Crippen LogP contribution in [0, 0.1) is 0 Å². The van der Waals surface area contributed by atoms with Crippen molar-refractivity contribution >= 4 is 21.8 Å². The molecule has 1 aromatic heterocycles. The van der Waals surface area contributed by atoms with E-state index in [1.54, 1.807) is 12.3 Å². The highest BCUT2D eigenvalue weighted by atomic mass is 79.9. The zero-order valence-electron chi connectivity index (χ0n) is 10.2. The number of para-hydroxylation sites is 1. The number of fused-ring (bicyclic) bond motifs is 1. The molecule has 2 N–H and O–H groups in total. The van der Waals surface area contributed by atoms with Gasteiger partial charge in [0.15, 0.2) is 0 Å². The average Bonchev–Trinajstić information content (AvgIpc) is 3.01. The molecule has 5 heteroatoms. The van der Waals surface area contributed by atoms with Crippen LogP contribution in [0.25, 0.3) is 0 Å². The standard InChI is InChI=1S/C14H13BrN2O2/c15-10-6-12(16-7-10)14(18)17-8-11-5-9-3-1-2-4-13(9)19-11/h1-4,6-7,11,16H,5,8H2,(H,17,18). The highest BCUT2D eigenvalue weighted by Crippen LogP contribution is 2.27. The molecule has 1 aliphatic rings. The molecule has 1 unspecified atom stereocenters. The first-order valence-corrected chi connectivity index (χ1v) is 6.88. The first kappa shape index (κ1) is 12.3. The lowest BCUT2D eigenvalue weighted by atomic mass is 10.1. The van der Waals surface area contributed by atoms with Gasteiger partial charge in [-0.2, -0.15) is 0 Å². The fourth-order valence-electron chi connectivity index (χ4n) is 2.17. The molecule has 0 spiro atoms. The van der Waals surface area contributed by atoms with E-state index in [1.807, 2.05) is 18.2 Å². The lowest BCUT2D eigenvalue weighted by Gasteiger charge is -2.11. The first-order chi connectivity index (χ1) is 9.22. The third-order valence-electron chi connectivity index (χ3n) is 3.10. The number of H-pyrrole nitrogens is 1. The van der Waals surface area contributed by atoms with Crippen molar-refractivity contribution < 1.29 is 9.53 Å². The van der Waals surface area contributed by atoms with Crippen LogP contribution in [0.4, 0.5) is 0 Å². The van der Waals surface area contributed by atoms with E-state index in [9.17, 15) is 4.79 Å². The van der Waals surface area contributed by atoms with Crippen LogP contribution in [0.3, 0.4) is 0 Å². The summed E-state index contributed by atoms with van der Waals surface area (Å²) in [5, 5.41) is 2.87. The van der Waals surface area contributed by atoms with E-state index >= 15 is 0 Å². The zero-order valence-corrected chi connectivity index (χ0v) is 11.7. The van der Waals surface area contributed by atoms with Crippen molar-refractivity contribution in [2.45, 2.75) is 12.5 Å². The topological polar surface area (TPSA) is 54.1 Å². The van der Waals surface area contributed by atoms with Crippen LogP contribution in [0.15, 0.2) is 41.0 Å². The van der Waals surface area contributed by atoms with Gasteiger partial charge in [0.25, 0.3) is 5.91 Å². The van der Waals surface area contributed by atoms with Gasteiger partial charge in [-0.25, -0.2) is 0 Å². The highest BCUT2D eigenvalue weighted by Gasteiger charge is 2.22. The van der Waals surface area contributed by atoms with E-state index in [1.165, 1.54) is 5.56 Å². The maximum absolute atomic E-state index is 11.9. The summed E-state index contributed by atoms with van der Waals surface area (Å²) in [4.78, 5) is 14.8. The Morgan fingerprint density at radius 1 is 1.47 bits per heavy atom. The molecule has 0 saturated heterocycles. The van der Waals surface area contributed by atoms with Gasteiger partial charge in [-0.15, -0.1) is 0 Å². The Hall–Kier alpha value is -1.75. The number of rotatable bonds is 3. The fraction of sp³-hybridized carbons (Fsp3) is 0.214. The third-order valence-corrected chi connectivity index (χ3v) is 3.55. The average molecular weight is 321 g/mol. The van der Waals surface area contributed by atoms with Crippen molar-refractivity contribution in [3.8, 4) is 5.75 Å². The predicted octanol–water partition coefficient (Wildman–Crippen LogP) is 2.51. The summed E-state index contributed by atoms with van der Waals surface area (Å²) in [6, 6.07) is 9.72. The number of carbonyl (C=O) groups excluding carboxylic acids is 1. The van der Waals surface area contributed by atoms with Crippen LogP contribution in [0.1, 0.15) is 16.1 Å². The van der Waals surface area contributed by atoms with Crippen molar-refractivity contribution in [3.63, 3.8) is 0 Å². The smallest absolute Gasteiger partial charge is 0.267 e. The van der Waals surface area contributed by atoms with Gasteiger partial charge in [-0.05, 0) is 33.6 Å². The number of hydrogen-bond acceptors (Lipinski definition) is 2. The number of amides is 1. The Bertz CT molecular complexity index is 584. The second kappa shape index (κ2) is 5.09. The SMILES string of the molecule is O=C(NCC1Cc2ccccc2O1)c1cc(Br)c[nH]1. The van der Waals surface area contributed by atoms with Crippen LogP contribution in [-0.2, 0) is 6.42 Å². The summed E-state index contributed by atoms with van der Waals surface area (Å²) in [6.07, 6.45) is 2.58. The Labute approximate surface area is 119 Å². The molecular weight excluding hydrogens is 308 g/mol. The number of carbonyl (C=O) groups is 1. The molecule has 1 aromatic carbocycles. The Kier molecular flexibility index (Phi) is 3.29. The number of halogens is 1. The van der Waals surface area contributed by atoms with E-state index in [-0.39, 0.29) is 12.0 Å². The van der Waals surface area contributed by atoms with E-state index in [2.05, 4.69) is 32.3 Å². The fourth-order valence-corrected chi connectivity index (χ4v) is 2.51. The predicted molar refractivity (Wildman–Crippen MR) is 75.4 cm³/mol. The molecule has 0 bridgehead atoms. The van der Waals surface area contributed by atoms with Crippen molar-refractivity contribution in [2.75, 3.05) is 6.54 Å². The van der Waals surface area contributed by atoms with Crippen LogP contribution in [0.2, 0.25) is 0 Å². The summed E-state index contributed by atoms with van der Waals surface area (Å²) in [6.45, 7) is 0.504. The van der Waals surface area contributed by atoms with Gasteiger partial charge in [0.2, 0.25) is 0 Å². The third kappa shape index (κ3) is 2.66. The van der Waals surface area contributed by atoms with E-state index in [4.69, 9.17) is 4.74 Å². The summed E-state index contributed by atoms with van der Waals surface area (Å²) in [5.41, 5.74) is 1.74. The molecule has 0 aliphatic carbocycles. The van der Waals surface area contributed by atoms with Gasteiger partial charge in [0.1, 0.15) is 17.5 Å². The molecule has 1 amide bonds. The van der Waals surface area contributed by atoms with Crippen molar-refractivity contribution in [1.29, 1.82) is 0 Å². The largest absolute Gasteiger partial charge is 0.488 e. The Morgan fingerprint density at radius 2 is 2.32 bits per heavy atom. The maximum atomic E-state index is 11.9. The monoisotopic (exact) mass is 320 g/mol. The molecule has 0 saturated carbocycles. The van der Waals surface area contributed by atoms with Crippen LogP contribution >= 0.6 is 15.9 Å². The maximum Gasteiger partial charge on any atom is 0.267 e. The number of aromatic nitrogens is 1. The number of benzene rings is 1. The number of nitrogens with one attached hydrogen (secondary N) is 2. The minimum atomic E-state index is -0.120. The van der Waals surface area contributed by atoms with Crippen molar-refractivity contribution in [3.05, 3.63) is 52.3 Å². The van der Waals surface area contributed by atoms with Gasteiger partial charge in [0, 0.05) is 17.1 Å². The summed E-state index contributed by atoms with van der Waals surface area (Å²) < 4.78 is 6.63. The van der Waals surface area contributed by atoms with E-state index in [0.717, 1.165) is 16.6 Å². The zero-order chi connectivity index (χ0) is 13.2. The number of aromatic amines is 1. The first-order valence-electron chi connectivity index (χ1n) is 6.09. The number of hydrogen-bond donors (Lipinski definition) is 2. The summed E-state index contributed by atoms with van der Waals surface area (Å²) in [7, 11) is 0. The van der Waals surface area contributed by atoms with Crippen LogP contribution in [-0.4, -0.2) is 23.5 Å². The summed E-state index contributed by atoms with van der Waals surface area (Å²) >= 11 is 3.30. The molecule has 1 aliphatic heterocycles. The molecule has 2 aromatic rings. The van der Waals surface area contributed by atoms with Gasteiger partial charge < -0.3 is 15.0 Å². The van der Waals surface area contributed by atoms with Gasteiger partial charge in [-0.1, -0.05) is 18.2 Å². The Balaban J connectivity index is 1.56. The molecule has 0 fully saturated rings. The molecule has 4 nitrogen and oxygen atoms in total. The lowest BCUT2D eigenvalue weighted by Crippen LogP contribution is -2.34. The van der Waals surface area contributed by atoms with Crippen LogP contribution < -0.4 is 10.1 Å². The van der Waals surface area contributed by atoms with Gasteiger partial charge in [0.05, 0.1) is 6.54 Å². The van der Waals surface area contributed by atoms with Crippen LogP contribution in [0.5, 0.6) is 5.75 Å². The molecule has 19 heavy (non-hydrogen) atoms. The van der Waals surface area contributed by atoms with E-state index < -0.39 is 0 Å². The molecule has 2 heterocycles. The van der Waals surface area contributed by atoms with Gasteiger partial charge >= 0.3 is 0 Å². The second-order valence-electron chi connectivity index (χ2n) is 4.49. The van der Waals surface area contributed by atoms with Crippen molar-refractivity contribution in [2.24, 2.45) is 0 Å². The molecule has 1 atom stereocenters. The quantitative estimate of drug-likeness (QED) is 0.913. The lowest BCUT2D eigenvalue weighted by molar-refractivity contribution is 0.0929. The summed E-state index contributed by atoms with van der Waals surface area (Å²) in [5.74, 6) is 0.801. The second-order valence-corrected chi connectivity index (χ2v) is 5.41. The molecular formula is C14H13BrN2O2. The minimum Gasteiger partial charge on any atom is -0.488 e. The van der Waals surface area contributed by atoms with Gasteiger partial charge in [-0.3, -0.25) is 4.79 Å². The Morgan fingerprint density at radius 3 is 3.05 bits per heavy atom. The molecule has 3 rings (SSSR count). The number of ether oxygens (including phenoxy) is 1. The molecule has 0 radical (unpaired) electrons. The van der Waals surface area contributed by atoms with Crippen molar-refractivity contribution in [1.82, 2.24) is 10.3 Å². The normalized spacial score (nSPS) is 16.8. The molecule has 98 valence electrons. The van der Waals surface area contributed by atoms with E-state index in [0.29, 0.717) is 12.2 Å². The highest BCUT2D eigenvalue weighted by molar-refractivity contribution is 9.10. The minimum absolute atomic E-state index is 0.0137.